The second-order valence-corrected chi connectivity index (χ2v) is 5.62. The molecule has 0 unspecified atom stereocenters. The van der Waals surface area contributed by atoms with Crippen molar-refractivity contribution in [2.45, 2.75) is 18.4 Å². The summed E-state index contributed by atoms with van der Waals surface area (Å²) in [5, 5.41) is 8.95. The summed E-state index contributed by atoms with van der Waals surface area (Å²) in [7, 11) is -3.93. The summed E-state index contributed by atoms with van der Waals surface area (Å²) in [5.74, 6) is 0.767. The van der Waals surface area contributed by atoms with E-state index in [9.17, 15) is 8.42 Å². The highest BCUT2D eigenvalue weighted by molar-refractivity contribution is 7.89. The zero-order valence-electron chi connectivity index (χ0n) is 9.83. The molecule has 0 bridgehead atoms. The van der Waals surface area contributed by atoms with Crippen LogP contribution in [0.15, 0.2) is 27.6 Å². The molecule has 9 heteroatoms. The van der Waals surface area contributed by atoms with Gasteiger partial charge in [0.15, 0.2) is 6.61 Å². The van der Waals surface area contributed by atoms with Gasteiger partial charge in [-0.05, 0) is 18.2 Å². The first kappa shape index (κ1) is 13.8. The highest BCUT2D eigenvalue weighted by Crippen LogP contribution is 2.26. The summed E-state index contributed by atoms with van der Waals surface area (Å²) in [4.78, 5) is 3.73. The zero-order chi connectivity index (χ0) is 14.0. The van der Waals surface area contributed by atoms with Crippen LogP contribution < -0.4 is 9.88 Å². The molecule has 1 aromatic carbocycles. The average Bonchev–Trinajstić information content (AvgIpc) is 2.72. The lowest BCUT2D eigenvalue weighted by Gasteiger charge is -2.08. The first-order valence-corrected chi connectivity index (χ1v) is 7.03. The van der Waals surface area contributed by atoms with Crippen LogP contribution in [0.3, 0.4) is 0 Å². The molecule has 0 amide bonds. The highest BCUT2D eigenvalue weighted by Gasteiger charge is 2.16. The maximum atomic E-state index is 11.4. The fourth-order valence-corrected chi connectivity index (χ4v) is 2.30. The van der Waals surface area contributed by atoms with Gasteiger partial charge in [-0.2, -0.15) is 4.98 Å². The van der Waals surface area contributed by atoms with Crippen LogP contribution >= 0.6 is 11.6 Å². The van der Waals surface area contributed by atoms with Crippen LogP contribution in [0, 0.1) is 6.92 Å². The number of nitrogens with two attached hydrogens (primary N) is 1. The SMILES string of the molecule is Cc1nc(COc2ccc(Cl)cc2S(N)(=O)=O)no1. The highest BCUT2D eigenvalue weighted by atomic mass is 35.5. The Hall–Kier alpha value is -1.64. The third-order valence-electron chi connectivity index (χ3n) is 2.14. The van der Waals surface area contributed by atoms with Crippen LogP contribution in [0.25, 0.3) is 0 Å². The van der Waals surface area contributed by atoms with Gasteiger partial charge in [0.2, 0.25) is 21.7 Å². The van der Waals surface area contributed by atoms with E-state index in [0.717, 1.165) is 0 Å². The van der Waals surface area contributed by atoms with E-state index < -0.39 is 10.0 Å². The van der Waals surface area contributed by atoms with E-state index in [2.05, 4.69) is 10.1 Å². The molecule has 1 heterocycles. The number of aromatic nitrogens is 2. The number of aryl methyl sites for hydroxylation is 1. The lowest BCUT2D eigenvalue weighted by Crippen LogP contribution is -2.14. The smallest absolute Gasteiger partial charge is 0.241 e. The Balaban J connectivity index is 2.25. The molecule has 0 fully saturated rings. The van der Waals surface area contributed by atoms with Gasteiger partial charge in [0.25, 0.3) is 0 Å². The summed E-state index contributed by atoms with van der Waals surface area (Å²) < 4.78 is 32.9. The van der Waals surface area contributed by atoms with E-state index in [-0.39, 0.29) is 22.3 Å². The molecule has 7 nitrogen and oxygen atoms in total. The van der Waals surface area contributed by atoms with Crippen molar-refractivity contribution in [3.8, 4) is 5.75 Å². The number of hydrogen-bond acceptors (Lipinski definition) is 6. The summed E-state index contributed by atoms with van der Waals surface area (Å²) in [6, 6.07) is 4.12. The Morgan fingerprint density at radius 2 is 2.21 bits per heavy atom. The first-order chi connectivity index (χ1) is 8.86. The molecule has 0 spiro atoms. The molecule has 0 aliphatic carbocycles. The number of ether oxygens (including phenoxy) is 1. The standard InChI is InChI=1S/C10H10ClN3O4S/c1-6-13-10(14-18-6)5-17-8-3-2-7(11)4-9(8)19(12,15)16/h2-4H,5H2,1H3,(H2,12,15,16). The van der Waals surface area contributed by atoms with Gasteiger partial charge < -0.3 is 9.26 Å². The monoisotopic (exact) mass is 303 g/mol. The predicted molar refractivity (Wildman–Crippen MR) is 66.2 cm³/mol. The zero-order valence-corrected chi connectivity index (χ0v) is 11.4. The number of nitrogens with zero attached hydrogens (tertiary/aromatic N) is 2. The minimum Gasteiger partial charge on any atom is -0.484 e. The molecule has 0 atom stereocenters. The Bertz CT molecular complexity index is 699. The molecular formula is C10H10ClN3O4S. The van der Waals surface area contributed by atoms with Crippen LogP contribution in [0.4, 0.5) is 0 Å². The van der Waals surface area contributed by atoms with Crippen LogP contribution in [0.2, 0.25) is 5.02 Å². The van der Waals surface area contributed by atoms with Crippen molar-refractivity contribution in [1.29, 1.82) is 0 Å². The van der Waals surface area contributed by atoms with Gasteiger partial charge in [-0.3, -0.25) is 0 Å². The molecule has 2 rings (SSSR count). The summed E-state index contributed by atoms with van der Waals surface area (Å²) >= 11 is 5.73. The topological polar surface area (TPSA) is 108 Å². The number of rotatable bonds is 4. The Morgan fingerprint density at radius 1 is 1.47 bits per heavy atom. The van der Waals surface area contributed by atoms with Crippen LogP contribution in [0.5, 0.6) is 5.75 Å². The number of primary sulfonamides is 1. The van der Waals surface area contributed by atoms with Crippen molar-refractivity contribution in [3.63, 3.8) is 0 Å². The van der Waals surface area contributed by atoms with Gasteiger partial charge in [0.05, 0.1) is 0 Å². The van der Waals surface area contributed by atoms with E-state index in [1.165, 1.54) is 18.2 Å². The van der Waals surface area contributed by atoms with Gasteiger partial charge in [-0.15, -0.1) is 0 Å². The van der Waals surface area contributed by atoms with E-state index in [4.69, 9.17) is 26.0 Å². The van der Waals surface area contributed by atoms with Gasteiger partial charge in [0.1, 0.15) is 10.6 Å². The Kier molecular flexibility index (Phi) is 3.74. The number of benzene rings is 1. The molecule has 102 valence electrons. The van der Waals surface area contributed by atoms with Crippen molar-refractivity contribution >= 4 is 21.6 Å². The van der Waals surface area contributed by atoms with Gasteiger partial charge in [-0.25, -0.2) is 13.6 Å². The maximum absolute atomic E-state index is 11.4. The molecule has 1 aromatic heterocycles. The molecule has 0 saturated heterocycles. The normalized spacial score (nSPS) is 11.5. The van der Waals surface area contributed by atoms with Crippen LogP contribution in [-0.4, -0.2) is 18.6 Å². The van der Waals surface area contributed by atoms with Crippen molar-refractivity contribution in [1.82, 2.24) is 10.1 Å². The van der Waals surface area contributed by atoms with Crippen molar-refractivity contribution in [2.75, 3.05) is 0 Å². The summed E-state index contributed by atoms with van der Waals surface area (Å²) in [6.45, 7) is 1.59. The molecule has 0 radical (unpaired) electrons. The summed E-state index contributed by atoms with van der Waals surface area (Å²) in [6.07, 6.45) is 0. The molecule has 2 N–H and O–H groups in total. The molecule has 2 aromatic rings. The summed E-state index contributed by atoms with van der Waals surface area (Å²) in [5.41, 5.74) is 0. The van der Waals surface area contributed by atoms with Gasteiger partial charge in [0, 0.05) is 11.9 Å². The Morgan fingerprint density at radius 3 is 2.79 bits per heavy atom. The third kappa shape index (κ3) is 3.43. The molecule has 0 saturated carbocycles. The lowest BCUT2D eigenvalue weighted by atomic mass is 10.3. The number of hydrogen-bond donors (Lipinski definition) is 1. The van der Waals surface area contributed by atoms with E-state index >= 15 is 0 Å². The molecular weight excluding hydrogens is 294 g/mol. The third-order valence-corrected chi connectivity index (χ3v) is 3.31. The Labute approximate surface area is 114 Å². The van der Waals surface area contributed by atoms with Crippen molar-refractivity contribution in [3.05, 3.63) is 34.9 Å². The van der Waals surface area contributed by atoms with Gasteiger partial charge >= 0.3 is 0 Å². The molecule has 0 aliphatic rings. The second kappa shape index (κ2) is 5.16. The maximum Gasteiger partial charge on any atom is 0.241 e. The average molecular weight is 304 g/mol. The van der Waals surface area contributed by atoms with Crippen LogP contribution in [0.1, 0.15) is 11.7 Å². The van der Waals surface area contributed by atoms with Crippen molar-refractivity contribution < 1.29 is 17.7 Å². The lowest BCUT2D eigenvalue weighted by molar-refractivity contribution is 0.279. The minimum absolute atomic E-state index is 0.0402. The van der Waals surface area contributed by atoms with Crippen LogP contribution in [-0.2, 0) is 16.6 Å². The van der Waals surface area contributed by atoms with E-state index in [0.29, 0.717) is 11.7 Å². The fraction of sp³-hybridized carbons (Fsp3) is 0.200. The number of halogens is 1. The minimum atomic E-state index is -3.93. The fourth-order valence-electron chi connectivity index (χ4n) is 1.37. The van der Waals surface area contributed by atoms with Crippen molar-refractivity contribution in [2.24, 2.45) is 5.14 Å². The number of sulfonamides is 1. The first-order valence-electron chi connectivity index (χ1n) is 5.10. The predicted octanol–water partition coefficient (Wildman–Crippen LogP) is 1.26. The van der Waals surface area contributed by atoms with E-state index in [1.54, 1.807) is 6.92 Å². The largest absolute Gasteiger partial charge is 0.484 e. The van der Waals surface area contributed by atoms with E-state index in [1.807, 2.05) is 0 Å². The quantitative estimate of drug-likeness (QED) is 0.910. The molecule has 0 aliphatic heterocycles. The molecule has 19 heavy (non-hydrogen) atoms. The second-order valence-electron chi connectivity index (χ2n) is 3.65. The van der Waals surface area contributed by atoms with Gasteiger partial charge in [-0.1, -0.05) is 16.8 Å².